The molecule has 1 aromatic heterocycles. The Kier molecular flexibility index (Phi) is 6.53. The van der Waals surface area contributed by atoms with Crippen molar-refractivity contribution in [1.82, 2.24) is 9.97 Å². The van der Waals surface area contributed by atoms with E-state index in [1.807, 2.05) is 6.07 Å². The standard InChI is InChI=1S/C21H21N5O4/c1-14-12-20(28)25-21(23-14)15-4-2-5-17(13-15)24-19(27)6-3-11-22-16-7-9-18(10-8-16)26(29)30/h2,4-5,7-10,12-13,22H,3,6,11H2,1H3,(H,24,27)(H,23,25,28). The lowest BCUT2D eigenvalue weighted by molar-refractivity contribution is -0.384. The Bertz CT molecular complexity index is 1110. The van der Waals surface area contributed by atoms with E-state index in [1.54, 1.807) is 37.3 Å². The van der Waals surface area contributed by atoms with Gasteiger partial charge in [-0.25, -0.2) is 4.98 Å². The molecule has 0 saturated carbocycles. The number of benzene rings is 2. The molecule has 3 aromatic rings. The van der Waals surface area contributed by atoms with Crippen LogP contribution in [0, 0.1) is 17.0 Å². The largest absolute Gasteiger partial charge is 0.385 e. The maximum Gasteiger partial charge on any atom is 0.269 e. The van der Waals surface area contributed by atoms with Crippen LogP contribution < -0.4 is 16.2 Å². The van der Waals surface area contributed by atoms with E-state index in [9.17, 15) is 19.7 Å². The van der Waals surface area contributed by atoms with E-state index in [2.05, 4.69) is 20.6 Å². The Hall–Kier alpha value is -4.01. The number of aryl methyl sites for hydroxylation is 1. The fourth-order valence-electron chi connectivity index (χ4n) is 2.87. The Balaban J connectivity index is 1.50. The second-order valence-electron chi connectivity index (χ2n) is 6.70. The van der Waals surface area contributed by atoms with Crippen LogP contribution in [0.15, 0.2) is 59.4 Å². The number of hydrogen-bond donors (Lipinski definition) is 3. The van der Waals surface area contributed by atoms with Gasteiger partial charge in [0, 0.05) is 53.8 Å². The van der Waals surface area contributed by atoms with E-state index in [1.165, 1.54) is 18.2 Å². The van der Waals surface area contributed by atoms with Crippen molar-refractivity contribution in [3.63, 3.8) is 0 Å². The molecule has 0 atom stereocenters. The van der Waals surface area contributed by atoms with Crippen LogP contribution in [0.25, 0.3) is 11.4 Å². The van der Waals surface area contributed by atoms with E-state index < -0.39 is 4.92 Å². The van der Waals surface area contributed by atoms with Crippen molar-refractivity contribution in [2.75, 3.05) is 17.2 Å². The number of nitro benzene ring substituents is 1. The van der Waals surface area contributed by atoms with E-state index in [0.717, 1.165) is 5.69 Å². The third kappa shape index (κ3) is 5.74. The van der Waals surface area contributed by atoms with Crippen LogP contribution >= 0.6 is 0 Å². The van der Waals surface area contributed by atoms with Crippen LogP contribution in [-0.4, -0.2) is 27.3 Å². The Labute approximate surface area is 172 Å². The molecule has 0 aliphatic carbocycles. The van der Waals surface area contributed by atoms with Crippen molar-refractivity contribution in [2.45, 2.75) is 19.8 Å². The third-order valence-electron chi connectivity index (χ3n) is 4.28. The number of anilines is 2. The molecule has 0 aliphatic heterocycles. The van der Waals surface area contributed by atoms with Crippen molar-refractivity contribution >= 4 is 23.0 Å². The van der Waals surface area contributed by atoms with Gasteiger partial charge in [0.25, 0.3) is 11.2 Å². The lowest BCUT2D eigenvalue weighted by Gasteiger charge is -2.09. The molecule has 9 heteroatoms. The molecule has 0 radical (unpaired) electrons. The van der Waals surface area contributed by atoms with Crippen LogP contribution in [0.3, 0.4) is 0 Å². The molecule has 0 unspecified atom stereocenters. The third-order valence-corrected chi connectivity index (χ3v) is 4.28. The number of carbonyl (C=O) groups is 1. The summed E-state index contributed by atoms with van der Waals surface area (Å²) in [5, 5.41) is 16.6. The van der Waals surface area contributed by atoms with E-state index in [0.29, 0.717) is 42.2 Å². The minimum Gasteiger partial charge on any atom is -0.385 e. The number of H-pyrrole nitrogens is 1. The molecule has 0 aliphatic rings. The summed E-state index contributed by atoms with van der Waals surface area (Å²) in [7, 11) is 0. The van der Waals surface area contributed by atoms with Gasteiger partial charge in [0.15, 0.2) is 0 Å². The molecule has 0 bridgehead atoms. The number of aromatic nitrogens is 2. The first-order chi connectivity index (χ1) is 14.4. The number of non-ortho nitro benzene ring substituents is 1. The van der Waals surface area contributed by atoms with Crippen molar-refractivity contribution < 1.29 is 9.72 Å². The molecule has 0 spiro atoms. The van der Waals surface area contributed by atoms with Crippen LogP contribution in [0.5, 0.6) is 0 Å². The van der Waals surface area contributed by atoms with Gasteiger partial charge in [-0.1, -0.05) is 12.1 Å². The molecule has 2 aromatic carbocycles. The van der Waals surface area contributed by atoms with Gasteiger partial charge in [-0.15, -0.1) is 0 Å². The Morgan fingerprint density at radius 3 is 2.60 bits per heavy atom. The van der Waals surface area contributed by atoms with Crippen LogP contribution in [0.1, 0.15) is 18.5 Å². The van der Waals surface area contributed by atoms with Crippen LogP contribution in [0.4, 0.5) is 17.1 Å². The number of amides is 1. The number of hydrogen-bond acceptors (Lipinski definition) is 6. The zero-order valence-corrected chi connectivity index (χ0v) is 16.3. The van der Waals surface area contributed by atoms with Gasteiger partial charge in [0.1, 0.15) is 5.82 Å². The molecular formula is C21H21N5O4. The summed E-state index contributed by atoms with van der Waals surface area (Å²) in [5.41, 5.74) is 2.50. The first kappa shape index (κ1) is 20.7. The lowest BCUT2D eigenvalue weighted by Crippen LogP contribution is -2.13. The van der Waals surface area contributed by atoms with Gasteiger partial charge in [-0.2, -0.15) is 0 Å². The first-order valence-corrected chi connectivity index (χ1v) is 9.37. The van der Waals surface area contributed by atoms with Crippen LogP contribution in [0.2, 0.25) is 0 Å². The van der Waals surface area contributed by atoms with Crippen LogP contribution in [-0.2, 0) is 4.79 Å². The molecular weight excluding hydrogens is 386 g/mol. The summed E-state index contributed by atoms with van der Waals surface area (Å²) in [6.45, 7) is 2.30. The summed E-state index contributed by atoms with van der Waals surface area (Å²) in [4.78, 5) is 41.1. The predicted octanol–water partition coefficient (Wildman–Crippen LogP) is 3.48. The number of nitrogens with zero attached hydrogens (tertiary/aromatic N) is 2. The zero-order valence-electron chi connectivity index (χ0n) is 16.3. The maximum atomic E-state index is 12.2. The lowest BCUT2D eigenvalue weighted by atomic mass is 10.1. The fraction of sp³-hybridized carbons (Fsp3) is 0.190. The average molecular weight is 407 g/mol. The van der Waals surface area contributed by atoms with Gasteiger partial charge in [0.2, 0.25) is 5.91 Å². The minimum absolute atomic E-state index is 0.0343. The molecule has 0 fully saturated rings. The number of nitro groups is 1. The molecule has 0 saturated heterocycles. The van der Waals surface area contributed by atoms with Crippen molar-refractivity contribution in [3.8, 4) is 11.4 Å². The summed E-state index contributed by atoms with van der Waals surface area (Å²) >= 11 is 0. The predicted molar refractivity (Wildman–Crippen MR) is 114 cm³/mol. The van der Waals surface area contributed by atoms with Gasteiger partial charge < -0.3 is 15.6 Å². The maximum absolute atomic E-state index is 12.2. The fourth-order valence-corrected chi connectivity index (χ4v) is 2.87. The highest BCUT2D eigenvalue weighted by atomic mass is 16.6. The van der Waals surface area contributed by atoms with E-state index >= 15 is 0 Å². The van der Waals surface area contributed by atoms with Crippen molar-refractivity contribution in [1.29, 1.82) is 0 Å². The highest BCUT2D eigenvalue weighted by Gasteiger charge is 2.07. The molecule has 30 heavy (non-hydrogen) atoms. The molecule has 3 rings (SSSR count). The van der Waals surface area contributed by atoms with Gasteiger partial charge in [0.05, 0.1) is 4.92 Å². The van der Waals surface area contributed by atoms with Crippen molar-refractivity contribution in [3.05, 3.63) is 80.8 Å². The highest BCUT2D eigenvalue weighted by molar-refractivity contribution is 5.91. The number of carbonyl (C=O) groups excluding carboxylic acids is 1. The first-order valence-electron chi connectivity index (χ1n) is 9.37. The molecule has 3 N–H and O–H groups in total. The van der Waals surface area contributed by atoms with E-state index in [-0.39, 0.29) is 17.2 Å². The molecule has 1 amide bonds. The second-order valence-corrected chi connectivity index (χ2v) is 6.70. The smallest absolute Gasteiger partial charge is 0.269 e. The summed E-state index contributed by atoms with van der Waals surface area (Å²) in [6, 6.07) is 14.7. The number of nitrogens with one attached hydrogen (secondary N) is 3. The Morgan fingerprint density at radius 2 is 1.90 bits per heavy atom. The molecule has 154 valence electrons. The molecule has 1 heterocycles. The van der Waals surface area contributed by atoms with E-state index in [4.69, 9.17) is 0 Å². The van der Waals surface area contributed by atoms with Gasteiger partial charge >= 0.3 is 0 Å². The summed E-state index contributed by atoms with van der Waals surface area (Å²) < 4.78 is 0. The second kappa shape index (κ2) is 9.46. The SMILES string of the molecule is Cc1cc(=O)[nH]c(-c2cccc(NC(=O)CCCNc3ccc([N+](=O)[O-])cc3)c2)n1. The Morgan fingerprint density at radius 1 is 1.13 bits per heavy atom. The summed E-state index contributed by atoms with van der Waals surface area (Å²) in [6.07, 6.45) is 0.902. The number of aromatic amines is 1. The average Bonchev–Trinajstić information content (AvgIpc) is 2.71. The molecule has 9 nitrogen and oxygen atoms in total. The quantitative estimate of drug-likeness (QED) is 0.298. The topological polar surface area (TPSA) is 130 Å². The normalized spacial score (nSPS) is 10.4. The summed E-state index contributed by atoms with van der Waals surface area (Å²) in [5.74, 6) is 0.312. The minimum atomic E-state index is -0.449. The van der Waals surface area contributed by atoms with Gasteiger partial charge in [-0.05, 0) is 37.6 Å². The number of rotatable bonds is 8. The van der Waals surface area contributed by atoms with Crippen molar-refractivity contribution in [2.24, 2.45) is 0 Å². The monoisotopic (exact) mass is 407 g/mol. The van der Waals surface area contributed by atoms with Gasteiger partial charge in [-0.3, -0.25) is 19.7 Å². The highest BCUT2D eigenvalue weighted by Crippen LogP contribution is 2.19. The zero-order chi connectivity index (χ0) is 21.5.